The zero-order valence-electron chi connectivity index (χ0n) is 10.9. The van der Waals surface area contributed by atoms with E-state index in [0.717, 1.165) is 18.4 Å². The lowest BCUT2D eigenvalue weighted by Gasteiger charge is -2.23. The molecule has 0 spiro atoms. The highest BCUT2D eigenvalue weighted by atomic mass is 16.4. The first-order valence-corrected chi connectivity index (χ1v) is 6.58. The third kappa shape index (κ3) is 2.30. The fourth-order valence-electron chi connectivity index (χ4n) is 2.51. The Balaban J connectivity index is 1.79. The maximum absolute atomic E-state index is 12.4. The summed E-state index contributed by atoms with van der Waals surface area (Å²) < 4.78 is 5.10. The molecule has 1 saturated heterocycles. The predicted molar refractivity (Wildman–Crippen MR) is 70.9 cm³/mol. The summed E-state index contributed by atoms with van der Waals surface area (Å²) >= 11 is 0. The van der Waals surface area contributed by atoms with Crippen molar-refractivity contribution in [3.8, 4) is 11.5 Å². The molecular formula is C14H15N3O3. The molecule has 6 nitrogen and oxygen atoms in total. The molecule has 3 rings (SSSR count). The summed E-state index contributed by atoms with van der Waals surface area (Å²) in [6, 6.07) is 7.00. The van der Waals surface area contributed by atoms with Crippen molar-refractivity contribution in [2.45, 2.75) is 18.9 Å². The van der Waals surface area contributed by atoms with E-state index in [9.17, 15) is 9.90 Å². The first-order chi connectivity index (χ1) is 9.79. The van der Waals surface area contributed by atoms with Crippen LogP contribution in [0.3, 0.4) is 0 Å². The smallest absolute Gasteiger partial charge is 0.254 e. The van der Waals surface area contributed by atoms with E-state index in [1.807, 2.05) is 0 Å². The first kappa shape index (κ1) is 12.8. The lowest BCUT2D eigenvalue weighted by molar-refractivity contribution is 0.0677. The minimum absolute atomic E-state index is 0.0197. The molecule has 1 unspecified atom stereocenters. The summed E-state index contributed by atoms with van der Waals surface area (Å²) in [5, 5.41) is 16.7. The Labute approximate surface area is 116 Å². The normalized spacial score (nSPS) is 18.4. The number of aromatic nitrogens is 2. The van der Waals surface area contributed by atoms with Crippen LogP contribution in [0.25, 0.3) is 11.5 Å². The molecule has 2 aromatic rings. The van der Waals surface area contributed by atoms with Gasteiger partial charge in [0, 0.05) is 17.7 Å². The van der Waals surface area contributed by atoms with E-state index in [0.29, 0.717) is 18.0 Å². The van der Waals surface area contributed by atoms with Gasteiger partial charge in [0.1, 0.15) is 0 Å². The van der Waals surface area contributed by atoms with Gasteiger partial charge in [-0.05, 0) is 37.1 Å². The maximum Gasteiger partial charge on any atom is 0.254 e. The van der Waals surface area contributed by atoms with E-state index < -0.39 is 0 Å². The Morgan fingerprint density at radius 1 is 1.40 bits per heavy atom. The van der Waals surface area contributed by atoms with E-state index in [1.54, 1.807) is 29.2 Å². The van der Waals surface area contributed by atoms with Gasteiger partial charge in [-0.3, -0.25) is 4.79 Å². The molecule has 0 saturated carbocycles. The third-order valence-corrected chi connectivity index (χ3v) is 3.59. The topological polar surface area (TPSA) is 79.5 Å². The van der Waals surface area contributed by atoms with Gasteiger partial charge in [0.15, 0.2) is 0 Å². The van der Waals surface area contributed by atoms with Gasteiger partial charge in [0.25, 0.3) is 5.91 Å². The van der Waals surface area contributed by atoms with Crippen LogP contribution in [0.15, 0.2) is 35.1 Å². The quantitative estimate of drug-likeness (QED) is 0.912. The Kier molecular flexibility index (Phi) is 3.47. The first-order valence-electron chi connectivity index (χ1n) is 6.58. The third-order valence-electron chi connectivity index (χ3n) is 3.59. The summed E-state index contributed by atoms with van der Waals surface area (Å²) in [5.41, 5.74) is 1.38. The van der Waals surface area contributed by atoms with Crippen molar-refractivity contribution in [2.24, 2.45) is 0 Å². The summed E-state index contributed by atoms with van der Waals surface area (Å²) in [6.45, 7) is 0.723. The molecule has 1 aliphatic rings. The Hall–Kier alpha value is -2.21. The number of carbonyl (C=O) groups is 1. The van der Waals surface area contributed by atoms with Crippen molar-refractivity contribution < 1.29 is 14.3 Å². The zero-order chi connectivity index (χ0) is 13.9. The summed E-state index contributed by atoms with van der Waals surface area (Å²) in [6.07, 6.45) is 3.07. The number of benzene rings is 1. The number of hydrogen-bond acceptors (Lipinski definition) is 5. The number of likely N-dealkylation sites (tertiary alicyclic amines) is 1. The second kappa shape index (κ2) is 5.42. The SMILES string of the molecule is O=C(c1ccc(-c2nnco2)cc1)N1CCCC1CO. The summed E-state index contributed by atoms with van der Waals surface area (Å²) in [5.74, 6) is 0.386. The van der Waals surface area contributed by atoms with Crippen LogP contribution < -0.4 is 0 Å². The van der Waals surface area contributed by atoms with Crippen molar-refractivity contribution in [1.82, 2.24) is 15.1 Å². The molecule has 1 aliphatic heterocycles. The van der Waals surface area contributed by atoms with Gasteiger partial charge in [-0.15, -0.1) is 10.2 Å². The molecule has 1 fully saturated rings. The lowest BCUT2D eigenvalue weighted by Crippen LogP contribution is -2.37. The average Bonchev–Trinajstić information content (AvgIpc) is 3.17. The molecule has 2 heterocycles. The van der Waals surface area contributed by atoms with Gasteiger partial charge in [-0.1, -0.05) is 0 Å². The molecule has 6 heteroatoms. The standard InChI is InChI=1S/C14H15N3O3/c18-8-12-2-1-7-17(12)14(19)11-5-3-10(4-6-11)13-16-15-9-20-13/h3-6,9,12,18H,1-2,7-8H2. The highest BCUT2D eigenvalue weighted by molar-refractivity contribution is 5.95. The van der Waals surface area contributed by atoms with Crippen molar-refractivity contribution in [2.75, 3.05) is 13.2 Å². The number of hydrogen-bond donors (Lipinski definition) is 1. The number of carbonyl (C=O) groups excluding carboxylic acids is 1. The van der Waals surface area contributed by atoms with E-state index in [1.165, 1.54) is 6.39 Å². The summed E-state index contributed by atoms with van der Waals surface area (Å²) in [4.78, 5) is 14.1. The maximum atomic E-state index is 12.4. The van der Waals surface area contributed by atoms with Crippen molar-refractivity contribution in [3.63, 3.8) is 0 Å². The fraction of sp³-hybridized carbons (Fsp3) is 0.357. The molecule has 0 bridgehead atoms. The summed E-state index contributed by atoms with van der Waals surface area (Å²) in [7, 11) is 0. The van der Waals surface area contributed by atoms with Crippen molar-refractivity contribution in [1.29, 1.82) is 0 Å². The van der Waals surface area contributed by atoms with Crippen LogP contribution in [0, 0.1) is 0 Å². The molecule has 104 valence electrons. The Bertz CT molecular complexity index is 580. The molecule has 1 aromatic heterocycles. The monoisotopic (exact) mass is 273 g/mol. The van der Waals surface area contributed by atoms with E-state index in [2.05, 4.69) is 10.2 Å². The van der Waals surface area contributed by atoms with E-state index in [4.69, 9.17) is 4.42 Å². The van der Waals surface area contributed by atoms with Crippen molar-refractivity contribution in [3.05, 3.63) is 36.2 Å². The number of rotatable bonds is 3. The van der Waals surface area contributed by atoms with Crippen LogP contribution >= 0.6 is 0 Å². The number of nitrogens with zero attached hydrogens (tertiary/aromatic N) is 3. The molecule has 1 atom stereocenters. The highest BCUT2D eigenvalue weighted by Gasteiger charge is 2.28. The van der Waals surface area contributed by atoms with Crippen LogP contribution in [0.2, 0.25) is 0 Å². The lowest BCUT2D eigenvalue weighted by atomic mass is 10.1. The van der Waals surface area contributed by atoms with Gasteiger partial charge >= 0.3 is 0 Å². The van der Waals surface area contributed by atoms with Gasteiger partial charge < -0.3 is 14.4 Å². The second-order valence-corrected chi connectivity index (χ2v) is 4.80. The van der Waals surface area contributed by atoms with Crippen LogP contribution in [0.4, 0.5) is 0 Å². The number of aliphatic hydroxyl groups excluding tert-OH is 1. The second-order valence-electron chi connectivity index (χ2n) is 4.80. The minimum Gasteiger partial charge on any atom is -0.423 e. The zero-order valence-corrected chi connectivity index (χ0v) is 10.9. The van der Waals surface area contributed by atoms with Crippen LogP contribution in [-0.4, -0.2) is 45.3 Å². The van der Waals surface area contributed by atoms with E-state index >= 15 is 0 Å². The molecule has 0 radical (unpaired) electrons. The average molecular weight is 273 g/mol. The van der Waals surface area contributed by atoms with Gasteiger partial charge in [0.2, 0.25) is 12.3 Å². The molecule has 1 amide bonds. The van der Waals surface area contributed by atoms with Crippen LogP contribution in [0.1, 0.15) is 23.2 Å². The molecule has 0 aliphatic carbocycles. The Morgan fingerprint density at radius 2 is 2.20 bits per heavy atom. The van der Waals surface area contributed by atoms with E-state index in [-0.39, 0.29) is 18.6 Å². The fourth-order valence-corrected chi connectivity index (χ4v) is 2.51. The van der Waals surface area contributed by atoms with Crippen LogP contribution in [0.5, 0.6) is 0 Å². The molecule has 1 N–H and O–H groups in total. The molecule has 20 heavy (non-hydrogen) atoms. The molecule has 1 aromatic carbocycles. The van der Waals surface area contributed by atoms with Crippen LogP contribution in [-0.2, 0) is 0 Å². The largest absolute Gasteiger partial charge is 0.423 e. The highest BCUT2D eigenvalue weighted by Crippen LogP contribution is 2.21. The predicted octanol–water partition coefficient (Wildman–Crippen LogP) is 1.33. The Morgan fingerprint density at radius 3 is 2.85 bits per heavy atom. The van der Waals surface area contributed by atoms with Gasteiger partial charge in [-0.25, -0.2) is 0 Å². The number of aliphatic hydroxyl groups is 1. The number of amides is 1. The minimum atomic E-state index is -0.0573. The van der Waals surface area contributed by atoms with Gasteiger partial charge in [-0.2, -0.15) is 0 Å². The molecular weight excluding hydrogens is 258 g/mol. The van der Waals surface area contributed by atoms with Crippen molar-refractivity contribution >= 4 is 5.91 Å². The van der Waals surface area contributed by atoms with Gasteiger partial charge in [0.05, 0.1) is 12.6 Å².